The zero-order valence-electron chi connectivity index (χ0n) is 20.5. The van der Waals surface area contributed by atoms with E-state index >= 15 is 0 Å². The van der Waals surface area contributed by atoms with Crippen LogP contribution < -0.4 is 16.0 Å². The Morgan fingerprint density at radius 3 is 2.55 bits per heavy atom. The molecule has 40 heavy (non-hydrogen) atoms. The fourth-order valence-corrected chi connectivity index (χ4v) is 5.30. The third-order valence-electron chi connectivity index (χ3n) is 5.72. The van der Waals surface area contributed by atoms with Crippen LogP contribution in [0.15, 0.2) is 87.1 Å². The SMILES string of the molecule is CC1=C(C(=O)Nc2ccc(Cl)cc2Cl)[C@@H](c2ccco2)C(C#N)=C(SCC(=O)Nc2cccc(C(F)(F)F)c2)N1. The number of amides is 2. The molecule has 0 radical (unpaired) electrons. The van der Waals surface area contributed by atoms with E-state index < -0.39 is 29.5 Å². The van der Waals surface area contributed by atoms with E-state index in [9.17, 15) is 28.0 Å². The maximum atomic E-state index is 13.4. The van der Waals surface area contributed by atoms with Gasteiger partial charge >= 0.3 is 6.18 Å². The summed E-state index contributed by atoms with van der Waals surface area (Å²) in [5, 5.41) is 19.2. The summed E-state index contributed by atoms with van der Waals surface area (Å²) in [6, 6.07) is 14.2. The van der Waals surface area contributed by atoms with Crippen LogP contribution in [0.3, 0.4) is 0 Å². The zero-order valence-corrected chi connectivity index (χ0v) is 22.9. The first-order chi connectivity index (χ1) is 19.0. The molecular weight excluding hydrogens is 588 g/mol. The first-order valence-corrected chi connectivity index (χ1v) is 13.2. The Morgan fingerprint density at radius 2 is 1.90 bits per heavy atom. The van der Waals surface area contributed by atoms with Crippen LogP contribution in [0.2, 0.25) is 10.0 Å². The molecule has 1 aliphatic heterocycles. The highest BCUT2D eigenvalue weighted by Crippen LogP contribution is 2.41. The van der Waals surface area contributed by atoms with Crippen molar-refractivity contribution >= 4 is 58.2 Å². The van der Waals surface area contributed by atoms with Crippen molar-refractivity contribution in [1.82, 2.24) is 5.32 Å². The number of hydrogen-bond donors (Lipinski definition) is 3. The number of anilines is 2. The Balaban J connectivity index is 1.57. The maximum absolute atomic E-state index is 13.4. The zero-order chi connectivity index (χ0) is 29.0. The number of alkyl halides is 3. The van der Waals surface area contributed by atoms with Gasteiger partial charge in [-0.2, -0.15) is 18.4 Å². The molecule has 0 fully saturated rings. The molecule has 2 heterocycles. The first kappa shape index (κ1) is 29.1. The summed E-state index contributed by atoms with van der Waals surface area (Å²) >= 11 is 13.1. The summed E-state index contributed by atoms with van der Waals surface area (Å²) in [5.74, 6) is -1.97. The van der Waals surface area contributed by atoms with E-state index in [0.717, 1.165) is 23.9 Å². The number of furan rings is 1. The molecule has 1 aromatic heterocycles. The Labute approximate surface area is 241 Å². The molecule has 0 saturated carbocycles. The molecular formula is C27H19Cl2F3N4O3S. The van der Waals surface area contributed by atoms with Crippen LogP contribution in [0.5, 0.6) is 0 Å². The number of halogens is 5. The molecule has 2 aromatic carbocycles. The number of dihydropyridines is 1. The Hall–Kier alpha value is -3.85. The molecule has 0 unspecified atom stereocenters. The van der Waals surface area contributed by atoms with Crippen molar-refractivity contribution in [3.05, 3.63) is 104 Å². The van der Waals surface area contributed by atoms with Gasteiger partial charge in [0.05, 0.1) is 56.5 Å². The van der Waals surface area contributed by atoms with Crippen molar-refractivity contribution in [3.63, 3.8) is 0 Å². The molecule has 3 aromatic rings. The van der Waals surface area contributed by atoms with Crippen LogP contribution in [-0.2, 0) is 15.8 Å². The standard InChI is InChI=1S/C27H19Cl2F3N4O3S/c1-14-23(25(38)36-20-8-7-16(28)11-19(20)29)24(21-6-3-9-39-21)18(12-33)26(34-14)40-13-22(37)35-17-5-2-4-15(10-17)27(30,31)32/h2-11,24,34H,13H2,1H3,(H,35,37)(H,36,38)/t24-/m1/s1. The summed E-state index contributed by atoms with van der Waals surface area (Å²) in [6.07, 6.45) is -3.15. The lowest BCUT2D eigenvalue weighted by atomic mass is 9.85. The largest absolute Gasteiger partial charge is 0.468 e. The summed E-state index contributed by atoms with van der Waals surface area (Å²) in [4.78, 5) is 26.0. The molecule has 0 spiro atoms. The average molecular weight is 607 g/mol. The maximum Gasteiger partial charge on any atom is 0.416 e. The molecule has 1 atom stereocenters. The number of carbonyl (C=O) groups excluding carboxylic acids is 2. The fourth-order valence-electron chi connectivity index (χ4n) is 3.96. The van der Waals surface area contributed by atoms with E-state index in [-0.39, 0.29) is 27.6 Å². The molecule has 3 N–H and O–H groups in total. The van der Waals surface area contributed by atoms with Gasteiger partial charge in [-0.05, 0) is 55.5 Å². The number of rotatable bonds is 7. The van der Waals surface area contributed by atoms with E-state index in [4.69, 9.17) is 27.6 Å². The second kappa shape index (κ2) is 12.1. The van der Waals surface area contributed by atoms with Crippen LogP contribution in [0.25, 0.3) is 0 Å². The van der Waals surface area contributed by atoms with Crippen LogP contribution in [0.4, 0.5) is 24.5 Å². The minimum atomic E-state index is -4.55. The highest BCUT2D eigenvalue weighted by atomic mass is 35.5. The number of thioether (sulfide) groups is 1. The summed E-state index contributed by atoms with van der Waals surface area (Å²) < 4.78 is 44.6. The Kier molecular flexibility index (Phi) is 8.83. The number of carbonyl (C=O) groups is 2. The van der Waals surface area contributed by atoms with Crippen molar-refractivity contribution in [1.29, 1.82) is 5.26 Å². The fraction of sp³-hybridized carbons (Fsp3) is 0.148. The number of benzene rings is 2. The third kappa shape index (κ3) is 6.65. The average Bonchev–Trinajstić information content (AvgIpc) is 3.43. The lowest BCUT2D eigenvalue weighted by molar-refractivity contribution is -0.137. The normalized spacial score (nSPS) is 15.4. The lowest BCUT2D eigenvalue weighted by Crippen LogP contribution is -2.31. The minimum Gasteiger partial charge on any atom is -0.468 e. The summed E-state index contributed by atoms with van der Waals surface area (Å²) in [6.45, 7) is 1.63. The predicted molar refractivity (Wildman–Crippen MR) is 148 cm³/mol. The monoisotopic (exact) mass is 606 g/mol. The third-order valence-corrected chi connectivity index (χ3v) is 7.29. The van der Waals surface area contributed by atoms with Gasteiger partial charge in [0.2, 0.25) is 5.91 Å². The van der Waals surface area contributed by atoms with Gasteiger partial charge in [0.25, 0.3) is 5.91 Å². The lowest BCUT2D eigenvalue weighted by Gasteiger charge is -2.28. The second-order valence-electron chi connectivity index (χ2n) is 8.46. The summed E-state index contributed by atoms with van der Waals surface area (Å²) in [5.41, 5.74) is 0.0947. The van der Waals surface area contributed by atoms with Gasteiger partial charge in [-0.15, -0.1) is 0 Å². The van der Waals surface area contributed by atoms with Crippen LogP contribution >= 0.6 is 35.0 Å². The second-order valence-corrected chi connectivity index (χ2v) is 10.3. The molecule has 0 bridgehead atoms. The number of nitriles is 1. The van der Waals surface area contributed by atoms with E-state index in [0.29, 0.717) is 27.2 Å². The number of allylic oxidation sites excluding steroid dienone is 2. The molecule has 7 nitrogen and oxygen atoms in total. The quantitative estimate of drug-likeness (QED) is 0.260. The summed E-state index contributed by atoms with van der Waals surface area (Å²) in [7, 11) is 0. The van der Waals surface area contributed by atoms with Crippen molar-refractivity contribution in [3.8, 4) is 6.07 Å². The minimum absolute atomic E-state index is 0.0177. The van der Waals surface area contributed by atoms with Gasteiger partial charge in [-0.25, -0.2) is 0 Å². The molecule has 2 amide bonds. The highest BCUT2D eigenvalue weighted by molar-refractivity contribution is 8.03. The number of hydrogen-bond acceptors (Lipinski definition) is 6. The Morgan fingerprint density at radius 1 is 1.12 bits per heavy atom. The van der Waals surface area contributed by atoms with Crippen LogP contribution in [-0.4, -0.2) is 17.6 Å². The van der Waals surface area contributed by atoms with Crippen LogP contribution in [0, 0.1) is 11.3 Å². The molecule has 0 saturated heterocycles. The van der Waals surface area contributed by atoms with Crippen molar-refractivity contribution in [2.24, 2.45) is 0 Å². The van der Waals surface area contributed by atoms with E-state index in [2.05, 4.69) is 22.0 Å². The van der Waals surface area contributed by atoms with Crippen molar-refractivity contribution in [2.45, 2.75) is 19.0 Å². The first-order valence-electron chi connectivity index (χ1n) is 11.5. The molecule has 4 rings (SSSR count). The van der Waals surface area contributed by atoms with Crippen molar-refractivity contribution < 1.29 is 27.2 Å². The molecule has 13 heteroatoms. The smallest absolute Gasteiger partial charge is 0.416 e. The molecule has 1 aliphatic rings. The van der Waals surface area contributed by atoms with E-state index in [1.807, 2.05) is 0 Å². The van der Waals surface area contributed by atoms with E-state index in [1.165, 1.54) is 24.5 Å². The van der Waals surface area contributed by atoms with Gasteiger partial charge < -0.3 is 20.4 Å². The van der Waals surface area contributed by atoms with Gasteiger partial charge in [0, 0.05) is 16.4 Å². The highest BCUT2D eigenvalue weighted by Gasteiger charge is 2.37. The van der Waals surface area contributed by atoms with E-state index in [1.54, 1.807) is 31.2 Å². The predicted octanol–water partition coefficient (Wildman–Crippen LogP) is 7.31. The van der Waals surface area contributed by atoms with Gasteiger partial charge in [-0.3, -0.25) is 9.59 Å². The van der Waals surface area contributed by atoms with Crippen LogP contribution in [0.1, 0.15) is 24.2 Å². The molecule has 0 aliphatic carbocycles. The van der Waals surface area contributed by atoms with Gasteiger partial charge in [0.1, 0.15) is 5.76 Å². The number of nitrogens with one attached hydrogen (secondary N) is 3. The van der Waals surface area contributed by atoms with Gasteiger partial charge in [-0.1, -0.05) is 41.0 Å². The van der Waals surface area contributed by atoms with Gasteiger partial charge in [0.15, 0.2) is 0 Å². The Bertz CT molecular complexity index is 1560. The van der Waals surface area contributed by atoms with Crippen molar-refractivity contribution in [2.75, 3.05) is 16.4 Å². The topological polar surface area (TPSA) is 107 Å². The number of nitrogens with zero attached hydrogens (tertiary/aromatic N) is 1. The molecule has 206 valence electrons.